The van der Waals surface area contributed by atoms with E-state index in [1.54, 1.807) is 0 Å². The summed E-state index contributed by atoms with van der Waals surface area (Å²) in [6, 6.07) is -0.888. The van der Waals surface area contributed by atoms with E-state index in [-0.39, 0.29) is 31.5 Å². The molecule has 10 heteroatoms. The van der Waals surface area contributed by atoms with Crippen LogP contribution in [0, 0.1) is 0 Å². The van der Waals surface area contributed by atoms with Crippen molar-refractivity contribution in [3.05, 3.63) is 36.5 Å². The molecular weight excluding hydrogens is 976 g/mol. The molecule has 0 aliphatic heterocycles. The van der Waals surface area contributed by atoms with Crippen LogP contribution < -0.4 is 10.2 Å². The van der Waals surface area contributed by atoms with Crippen LogP contribution in [0.1, 0.15) is 329 Å². The molecule has 77 heavy (non-hydrogen) atoms. The maximum atomic E-state index is 13.5. The number of unbranched alkanes of at least 4 members (excludes halogenated alkanes) is 41. The second-order valence-electron chi connectivity index (χ2n) is 24.0. The van der Waals surface area contributed by atoms with Crippen LogP contribution in [0.5, 0.6) is 0 Å². The summed E-state index contributed by atoms with van der Waals surface area (Å²) in [6.07, 6.45) is 69.7. The molecule has 1 amide bonds. The number of rotatable bonds is 61. The minimum absolute atomic E-state index is 0.0210. The average Bonchev–Trinajstić information content (AvgIpc) is 3.39. The minimum atomic E-state index is -4.70. The zero-order chi connectivity index (χ0) is 56.4. The van der Waals surface area contributed by atoms with Crippen molar-refractivity contribution in [2.24, 2.45) is 0 Å². The van der Waals surface area contributed by atoms with Gasteiger partial charge in [-0.15, -0.1) is 0 Å². The number of hydrogen-bond donors (Lipinski definition) is 1. The topological polar surface area (TPSA) is 114 Å². The van der Waals surface area contributed by atoms with Gasteiger partial charge < -0.3 is 28.5 Å². The molecule has 0 aliphatic carbocycles. The first-order chi connectivity index (χ1) is 37.4. The van der Waals surface area contributed by atoms with E-state index in [0.29, 0.717) is 17.4 Å². The van der Waals surface area contributed by atoms with Gasteiger partial charge >= 0.3 is 5.97 Å². The SMILES string of the molecule is CCCCCC/C=C\CCCCCCCCCC(=O)NC(COP(=O)([O-])OCC[N+](C)(C)C)C(/C=C\CCCCCCCCCCCCC)OC(=O)CCCCCCCCCCCCCCC/C=C/CCCCCCCC. The van der Waals surface area contributed by atoms with Crippen molar-refractivity contribution in [2.45, 2.75) is 341 Å². The largest absolute Gasteiger partial charge is 0.756 e. The van der Waals surface area contributed by atoms with Gasteiger partial charge in [0.15, 0.2) is 0 Å². The van der Waals surface area contributed by atoms with E-state index < -0.39 is 20.0 Å². The Labute approximate surface area is 478 Å². The summed E-state index contributed by atoms with van der Waals surface area (Å²) in [5.74, 6) is -0.532. The van der Waals surface area contributed by atoms with Gasteiger partial charge in [0.1, 0.15) is 19.3 Å². The van der Waals surface area contributed by atoms with Crippen molar-refractivity contribution in [2.75, 3.05) is 40.9 Å². The second-order valence-corrected chi connectivity index (χ2v) is 25.4. The Bertz CT molecular complexity index is 1410. The highest BCUT2D eigenvalue weighted by molar-refractivity contribution is 7.45. The van der Waals surface area contributed by atoms with Crippen LogP contribution in [0.2, 0.25) is 0 Å². The number of carbonyl (C=O) groups is 2. The van der Waals surface area contributed by atoms with Crippen LogP contribution in [-0.2, 0) is 27.9 Å². The molecule has 3 unspecified atom stereocenters. The van der Waals surface area contributed by atoms with Gasteiger partial charge in [0, 0.05) is 12.8 Å². The first-order valence-electron chi connectivity index (χ1n) is 33.3. The maximum Gasteiger partial charge on any atom is 0.306 e. The highest BCUT2D eigenvalue weighted by Gasteiger charge is 2.27. The summed E-state index contributed by atoms with van der Waals surface area (Å²) in [5.41, 5.74) is 0. The summed E-state index contributed by atoms with van der Waals surface area (Å²) in [6.45, 7) is 6.87. The molecule has 0 aromatic carbocycles. The lowest BCUT2D eigenvalue weighted by atomic mass is 10.0. The summed E-state index contributed by atoms with van der Waals surface area (Å²) in [7, 11) is 1.19. The van der Waals surface area contributed by atoms with Crippen LogP contribution in [-0.4, -0.2) is 69.4 Å². The molecule has 0 bridgehead atoms. The molecule has 0 heterocycles. The molecule has 0 saturated carbocycles. The highest BCUT2D eigenvalue weighted by Crippen LogP contribution is 2.38. The zero-order valence-corrected chi connectivity index (χ0v) is 52.8. The molecular formula is C67H129N2O7P. The third-order valence-corrected chi connectivity index (χ3v) is 16.0. The lowest BCUT2D eigenvalue weighted by molar-refractivity contribution is -0.870. The Morgan fingerprint density at radius 1 is 0.442 bits per heavy atom. The minimum Gasteiger partial charge on any atom is -0.756 e. The summed E-state index contributed by atoms with van der Waals surface area (Å²) < 4.78 is 30.4. The third-order valence-electron chi connectivity index (χ3n) is 15.0. The Kier molecular flexibility index (Phi) is 56.1. The summed E-state index contributed by atoms with van der Waals surface area (Å²) in [5, 5.41) is 3.04. The zero-order valence-electron chi connectivity index (χ0n) is 51.9. The Morgan fingerprint density at radius 3 is 1.12 bits per heavy atom. The molecule has 454 valence electrons. The number of phosphoric ester groups is 1. The highest BCUT2D eigenvalue weighted by atomic mass is 31.2. The predicted molar refractivity (Wildman–Crippen MR) is 330 cm³/mol. The monoisotopic (exact) mass is 1100 g/mol. The Morgan fingerprint density at radius 2 is 0.753 bits per heavy atom. The van der Waals surface area contributed by atoms with Crippen molar-refractivity contribution >= 4 is 19.7 Å². The van der Waals surface area contributed by atoms with Crippen LogP contribution in [0.15, 0.2) is 36.5 Å². The van der Waals surface area contributed by atoms with E-state index in [4.69, 9.17) is 13.8 Å². The first kappa shape index (κ1) is 75.2. The van der Waals surface area contributed by atoms with Gasteiger partial charge in [-0.25, -0.2) is 0 Å². The van der Waals surface area contributed by atoms with E-state index >= 15 is 0 Å². The van der Waals surface area contributed by atoms with Crippen molar-refractivity contribution in [1.29, 1.82) is 0 Å². The number of phosphoric acid groups is 1. The molecule has 0 spiro atoms. The standard InChI is InChI=1S/C67H129N2O7P/c1-7-10-13-16-19-22-25-28-30-31-32-33-34-35-36-37-39-42-45-48-51-54-57-60-67(71)76-65(58-55-52-49-46-43-40-27-24-21-18-15-12-9-3)64(63-75-77(72,73)74-62-61-69(4,5)6)68-66(70)59-56-53-50-47-44-41-38-29-26-23-20-17-14-11-8-2/h23,26,28,30,55,58,64-65H,7-22,24-25,27,29,31-54,56-57,59-63H2,1-6H3,(H-,68,70,72,73)/b26-23-,30-28+,58-55-. The third kappa shape index (κ3) is 58.7. The quantitative estimate of drug-likeness (QED) is 0.0212. The van der Waals surface area contributed by atoms with E-state index in [1.807, 2.05) is 33.3 Å². The smallest absolute Gasteiger partial charge is 0.306 e. The molecule has 3 atom stereocenters. The molecule has 0 aromatic rings. The molecule has 0 rings (SSSR count). The molecule has 1 N–H and O–H groups in total. The van der Waals surface area contributed by atoms with Crippen molar-refractivity contribution in [3.63, 3.8) is 0 Å². The van der Waals surface area contributed by atoms with Crippen LogP contribution >= 0.6 is 7.82 Å². The Balaban J connectivity index is 5.14. The number of nitrogens with zero attached hydrogens (tertiary/aromatic N) is 1. The molecule has 9 nitrogen and oxygen atoms in total. The van der Waals surface area contributed by atoms with Gasteiger partial charge in [-0.2, -0.15) is 0 Å². The maximum absolute atomic E-state index is 13.5. The molecule has 0 radical (unpaired) electrons. The van der Waals surface area contributed by atoms with Crippen molar-refractivity contribution in [1.82, 2.24) is 5.32 Å². The number of carbonyl (C=O) groups excluding carboxylic acids is 2. The average molecular weight is 1110 g/mol. The lowest BCUT2D eigenvalue weighted by Crippen LogP contribution is -2.47. The normalized spacial score (nSPS) is 13.8. The number of allylic oxidation sites excluding steroid dienone is 5. The molecule has 0 fully saturated rings. The fraction of sp³-hybridized carbons (Fsp3) is 0.881. The fourth-order valence-corrected chi connectivity index (χ4v) is 10.6. The van der Waals surface area contributed by atoms with Gasteiger partial charge in [0.2, 0.25) is 5.91 Å². The van der Waals surface area contributed by atoms with E-state index in [2.05, 4.69) is 50.4 Å². The van der Waals surface area contributed by atoms with E-state index in [1.165, 1.54) is 225 Å². The van der Waals surface area contributed by atoms with Crippen LogP contribution in [0.3, 0.4) is 0 Å². The number of amides is 1. The van der Waals surface area contributed by atoms with Crippen LogP contribution in [0.4, 0.5) is 0 Å². The van der Waals surface area contributed by atoms with Gasteiger partial charge in [0.25, 0.3) is 7.82 Å². The fourth-order valence-electron chi connectivity index (χ4n) is 9.87. The van der Waals surface area contributed by atoms with E-state index in [9.17, 15) is 19.0 Å². The van der Waals surface area contributed by atoms with Gasteiger partial charge in [-0.05, 0) is 83.1 Å². The number of hydrogen-bond acceptors (Lipinski definition) is 7. The Hall–Kier alpha value is -1.77. The van der Waals surface area contributed by atoms with Gasteiger partial charge in [0.05, 0.1) is 33.8 Å². The molecule has 0 aliphatic rings. The van der Waals surface area contributed by atoms with Gasteiger partial charge in [-0.1, -0.05) is 269 Å². The summed E-state index contributed by atoms with van der Waals surface area (Å²) in [4.78, 5) is 40.1. The van der Waals surface area contributed by atoms with Crippen molar-refractivity contribution < 1.29 is 37.3 Å². The number of ether oxygens (including phenoxy) is 1. The number of nitrogens with one attached hydrogen (secondary N) is 1. The van der Waals surface area contributed by atoms with Crippen LogP contribution in [0.25, 0.3) is 0 Å². The second kappa shape index (κ2) is 57.5. The number of esters is 1. The van der Waals surface area contributed by atoms with Crippen molar-refractivity contribution in [3.8, 4) is 0 Å². The first-order valence-corrected chi connectivity index (χ1v) is 34.8. The number of likely N-dealkylation sites (N-methyl/N-ethyl adjacent to an activating group) is 1. The predicted octanol–water partition coefficient (Wildman–Crippen LogP) is 20.0. The summed E-state index contributed by atoms with van der Waals surface area (Å²) >= 11 is 0. The molecule has 0 aromatic heterocycles. The van der Waals surface area contributed by atoms with Gasteiger partial charge in [-0.3, -0.25) is 14.2 Å². The van der Waals surface area contributed by atoms with E-state index in [0.717, 1.165) is 70.6 Å². The lowest BCUT2D eigenvalue weighted by Gasteiger charge is -2.30. The number of quaternary nitrogens is 1. The molecule has 0 saturated heterocycles.